The Balaban J connectivity index is 1.16. The van der Waals surface area contributed by atoms with Gasteiger partial charge in [-0.05, 0) is 78.1 Å². The molecule has 174 valence electrons. The van der Waals surface area contributed by atoms with E-state index in [9.17, 15) is 4.79 Å². The SMILES string of the molecule is O=C1Nc2ncccc2C12Cc1cc3ccc(-c4ccc(OCc5ccccc5)cc4)nc3cc1C2. The van der Waals surface area contributed by atoms with Gasteiger partial charge in [0.15, 0.2) is 0 Å². The van der Waals surface area contributed by atoms with Gasteiger partial charge in [-0.3, -0.25) is 4.79 Å². The molecule has 1 aliphatic carbocycles. The highest BCUT2D eigenvalue weighted by molar-refractivity contribution is 6.06. The van der Waals surface area contributed by atoms with Crippen molar-refractivity contribution in [2.75, 3.05) is 5.32 Å². The van der Waals surface area contributed by atoms with Crippen molar-refractivity contribution in [3.05, 3.63) is 119 Å². The van der Waals surface area contributed by atoms with Crippen LogP contribution in [0.4, 0.5) is 5.82 Å². The van der Waals surface area contributed by atoms with E-state index in [2.05, 4.69) is 46.7 Å². The minimum Gasteiger partial charge on any atom is -0.489 e. The normalized spacial score (nSPS) is 17.7. The fraction of sp³-hybridized carbons (Fsp3) is 0.129. The second-order valence-corrected chi connectivity index (χ2v) is 9.60. The highest BCUT2D eigenvalue weighted by Gasteiger charge is 2.51. The van der Waals surface area contributed by atoms with Gasteiger partial charge in [-0.15, -0.1) is 0 Å². The molecule has 36 heavy (non-hydrogen) atoms. The summed E-state index contributed by atoms with van der Waals surface area (Å²) < 4.78 is 5.93. The van der Waals surface area contributed by atoms with Crippen LogP contribution in [0.15, 0.2) is 97.2 Å². The van der Waals surface area contributed by atoms with E-state index in [0.717, 1.165) is 39.0 Å². The van der Waals surface area contributed by atoms with Crippen molar-refractivity contribution in [3.8, 4) is 17.0 Å². The first-order chi connectivity index (χ1) is 17.7. The lowest BCUT2D eigenvalue weighted by molar-refractivity contribution is -0.120. The van der Waals surface area contributed by atoms with Gasteiger partial charge in [-0.2, -0.15) is 0 Å². The van der Waals surface area contributed by atoms with Gasteiger partial charge in [-0.25, -0.2) is 9.97 Å². The quantitative estimate of drug-likeness (QED) is 0.358. The molecule has 1 N–H and O–H groups in total. The van der Waals surface area contributed by atoms with E-state index in [1.165, 1.54) is 11.1 Å². The van der Waals surface area contributed by atoms with Crippen molar-refractivity contribution < 1.29 is 9.53 Å². The molecule has 2 aliphatic rings. The summed E-state index contributed by atoms with van der Waals surface area (Å²) in [6.07, 6.45) is 3.08. The van der Waals surface area contributed by atoms with Crippen LogP contribution in [-0.2, 0) is 29.7 Å². The zero-order valence-corrected chi connectivity index (χ0v) is 19.6. The van der Waals surface area contributed by atoms with Crippen molar-refractivity contribution in [1.29, 1.82) is 0 Å². The maximum atomic E-state index is 13.0. The molecule has 3 heterocycles. The van der Waals surface area contributed by atoms with Gasteiger partial charge >= 0.3 is 0 Å². The molecule has 5 heteroatoms. The zero-order chi connectivity index (χ0) is 24.1. The maximum absolute atomic E-state index is 13.0. The first-order valence-electron chi connectivity index (χ1n) is 12.1. The Morgan fingerprint density at radius 2 is 1.67 bits per heavy atom. The van der Waals surface area contributed by atoms with Gasteiger partial charge < -0.3 is 10.1 Å². The number of carbonyl (C=O) groups excluding carboxylic acids is 1. The largest absolute Gasteiger partial charge is 0.489 e. The number of nitrogens with zero attached hydrogens (tertiary/aromatic N) is 2. The van der Waals surface area contributed by atoms with Crippen LogP contribution in [0.3, 0.4) is 0 Å². The van der Waals surface area contributed by atoms with Crippen LogP contribution in [0, 0.1) is 0 Å². The Morgan fingerprint density at radius 1 is 0.861 bits per heavy atom. The number of benzene rings is 3. The average molecular weight is 470 g/mol. The number of rotatable bonds is 4. The summed E-state index contributed by atoms with van der Waals surface area (Å²) in [6.45, 7) is 0.541. The molecular formula is C31H23N3O2. The van der Waals surface area contributed by atoms with Gasteiger partial charge in [0.25, 0.3) is 0 Å². The fourth-order valence-corrected chi connectivity index (χ4v) is 5.52. The minimum atomic E-state index is -0.568. The predicted molar refractivity (Wildman–Crippen MR) is 140 cm³/mol. The summed E-state index contributed by atoms with van der Waals surface area (Å²) in [6, 6.07) is 30.7. The van der Waals surface area contributed by atoms with Crippen LogP contribution in [0.25, 0.3) is 22.2 Å². The summed E-state index contributed by atoms with van der Waals surface area (Å²) in [5.74, 6) is 1.56. The smallest absolute Gasteiger partial charge is 0.237 e. The van der Waals surface area contributed by atoms with Crippen molar-refractivity contribution >= 4 is 22.6 Å². The van der Waals surface area contributed by atoms with Gasteiger partial charge in [0, 0.05) is 22.7 Å². The van der Waals surface area contributed by atoms with Crippen LogP contribution in [0.1, 0.15) is 22.3 Å². The molecule has 5 aromatic rings. The number of nitrogens with one attached hydrogen (secondary N) is 1. The summed E-state index contributed by atoms with van der Waals surface area (Å²) in [5.41, 5.74) is 6.86. The van der Waals surface area contributed by atoms with E-state index in [1.54, 1.807) is 6.20 Å². The van der Waals surface area contributed by atoms with E-state index in [4.69, 9.17) is 9.72 Å². The Bertz CT molecular complexity index is 1630. The number of hydrogen-bond donors (Lipinski definition) is 1. The third kappa shape index (κ3) is 3.35. The van der Waals surface area contributed by atoms with Crippen molar-refractivity contribution in [2.24, 2.45) is 0 Å². The molecule has 1 unspecified atom stereocenters. The zero-order valence-electron chi connectivity index (χ0n) is 19.6. The lowest BCUT2D eigenvalue weighted by atomic mass is 9.79. The summed E-state index contributed by atoms with van der Waals surface area (Å²) in [5, 5.41) is 4.07. The summed E-state index contributed by atoms with van der Waals surface area (Å²) in [7, 11) is 0. The third-order valence-electron chi connectivity index (χ3n) is 7.38. The second kappa shape index (κ2) is 8.02. The van der Waals surface area contributed by atoms with E-state index in [0.29, 0.717) is 25.3 Å². The molecule has 1 spiro atoms. The Kier molecular flexibility index (Phi) is 4.64. The Labute approximate surface area is 208 Å². The van der Waals surface area contributed by atoms with Crippen LogP contribution in [0.2, 0.25) is 0 Å². The lowest BCUT2D eigenvalue weighted by Crippen LogP contribution is -2.35. The molecule has 0 fully saturated rings. The monoisotopic (exact) mass is 469 g/mol. The molecule has 2 aromatic heterocycles. The molecule has 0 radical (unpaired) electrons. The highest BCUT2D eigenvalue weighted by atomic mass is 16.5. The maximum Gasteiger partial charge on any atom is 0.237 e. The van der Waals surface area contributed by atoms with Crippen LogP contribution in [-0.4, -0.2) is 15.9 Å². The molecule has 7 rings (SSSR count). The van der Waals surface area contributed by atoms with Crippen molar-refractivity contribution in [2.45, 2.75) is 24.9 Å². The first-order valence-corrected chi connectivity index (χ1v) is 12.1. The molecule has 5 nitrogen and oxygen atoms in total. The molecule has 1 aliphatic heterocycles. The molecule has 3 aromatic carbocycles. The van der Waals surface area contributed by atoms with E-state index < -0.39 is 5.41 Å². The molecule has 1 atom stereocenters. The lowest BCUT2D eigenvalue weighted by Gasteiger charge is -2.20. The second-order valence-electron chi connectivity index (χ2n) is 9.60. The number of carbonyl (C=O) groups is 1. The van der Waals surface area contributed by atoms with Gasteiger partial charge in [0.1, 0.15) is 18.2 Å². The van der Waals surface area contributed by atoms with E-state index in [1.807, 2.05) is 54.6 Å². The van der Waals surface area contributed by atoms with Crippen molar-refractivity contribution in [1.82, 2.24) is 9.97 Å². The Morgan fingerprint density at radius 3 is 2.50 bits per heavy atom. The molecule has 0 bridgehead atoms. The first kappa shape index (κ1) is 20.8. The molecule has 0 saturated carbocycles. The number of amides is 1. The van der Waals surface area contributed by atoms with Crippen molar-refractivity contribution in [3.63, 3.8) is 0 Å². The fourth-order valence-electron chi connectivity index (χ4n) is 5.52. The van der Waals surface area contributed by atoms with Crippen LogP contribution >= 0.6 is 0 Å². The third-order valence-corrected chi connectivity index (χ3v) is 7.38. The molecule has 1 amide bonds. The number of fused-ring (bicyclic) bond motifs is 4. The standard InChI is InChI=1S/C31H23N3O2/c35-30-31(26-7-4-14-32-29(26)34-30)17-23-15-22-10-13-27(33-28(22)16-24(23)18-31)21-8-11-25(12-9-21)36-19-20-5-2-1-3-6-20/h1-16H,17-19H2,(H,32,34,35). The molecule has 0 saturated heterocycles. The summed E-state index contributed by atoms with van der Waals surface area (Å²) in [4.78, 5) is 22.4. The van der Waals surface area contributed by atoms with E-state index in [-0.39, 0.29) is 5.91 Å². The number of aromatic nitrogens is 2. The predicted octanol–water partition coefficient (Wildman–Crippen LogP) is 5.86. The summed E-state index contributed by atoms with van der Waals surface area (Å²) >= 11 is 0. The van der Waals surface area contributed by atoms with Gasteiger partial charge in [-0.1, -0.05) is 42.5 Å². The van der Waals surface area contributed by atoms with Gasteiger partial charge in [0.05, 0.1) is 16.6 Å². The molecular weight excluding hydrogens is 446 g/mol. The highest BCUT2D eigenvalue weighted by Crippen LogP contribution is 2.47. The number of pyridine rings is 2. The number of ether oxygens (including phenoxy) is 1. The van der Waals surface area contributed by atoms with Crippen LogP contribution < -0.4 is 10.1 Å². The Hall–Kier alpha value is -4.51. The van der Waals surface area contributed by atoms with Gasteiger partial charge in [0.2, 0.25) is 5.91 Å². The van der Waals surface area contributed by atoms with Crippen LogP contribution in [0.5, 0.6) is 5.75 Å². The average Bonchev–Trinajstić information content (AvgIpc) is 3.43. The minimum absolute atomic E-state index is 0.0414. The number of hydrogen-bond acceptors (Lipinski definition) is 4. The topological polar surface area (TPSA) is 64.1 Å². The van der Waals surface area contributed by atoms with E-state index >= 15 is 0 Å². The number of anilines is 1.